The van der Waals surface area contributed by atoms with Crippen molar-refractivity contribution in [2.75, 3.05) is 5.32 Å². The molecule has 1 fully saturated rings. The molecule has 0 aliphatic heterocycles. The highest BCUT2D eigenvalue weighted by atomic mass is 35.5. The highest BCUT2D eigenvalue weighted by molar-refractivity contribution is 6.53. The summed E-state index contributed by atoms with van der Waals surface area (Å²) in [6.45, 7) is 0. The molecule has 32 heavy (non-hydrogen) atoms. The second-order valence-electron chi connectivity index (χ2n) is 7.11. The lowest BCUT2D eigenvalue weighted by Crippen LogP contribution is -2.19. The molecular weight excluding hydrogens is 523 g/mol. The van der Waals surface area contributed by atoms with Gasteiger partial charge >= 0.3 is 6.18 Å². The lowest BCUT2D eigenvalue weighted by Gasteiger charge is -2.12. The van der Waals surface area contributed by atoms with Crippen molar-refractivity contribution in [3.63, 3.8) is 0 Å². The molecule has 0 unspecified atom stereocenters. The van der Waals surface area contributed by atoms with Crippen molar-refractivity contribution < 1.29 is 31.5 Å². The molecule has 12 heteroatoms. The van der Waals surface area contributed by atoms with Gasteiger partial charge in [0.1, 0.15) is 10.2 Å². The quantitative estimate of drug-likeness (QED) is 0.240. The van der Waals surface area contributed by atoms with E-state index in [1.54, 1.807) is 0 Å². The number of amides is 1. The smallest absolute Gasteiger partial charge is 0.323 e. The number of hydrogen-bond acceptors (Lipinski definition) is 2. The van der Waals surface area contributed by atoms with E-state index in [-0.39, 0.29) is 5.02 Å². The number of nitrogens with one attached hydrogen (secondary N) is 1. The number of ketones is 1. The summed E-state index contributed by atoms with van der Waals surface area (Å²) < 4.78 is 63.8. The maximum absolute atomic E-state index is 14.8. The molecule has 2 aromatic rings. The summed E-state index contributed by atoms with van der Waals surface area (Å²) in [6.07, 6.45) is -7.08. The number of anilines is 1. The molecule has 1 saturated carbocycles. The van der Waals surface area contributed by atoms with Gasteiger partial charge in [0, 0.05) is 12.3 Å². The second-order valence-corrected chi connectivity index (χ2v) is 9.37. The molecule has 1 amide bonds. The first-order valence-corrected chi connectivity index (χ1v) is 10.5. The van der Waals surface area contributed by atoms with Crippen molar-refractivity contribution >= 4 is 63.8 Å². The summed E-state index contributed by atoms with van der Waals surface area (Å²) >= 11 is 23.9. The Hall–Kier alpha value is -1.61. The highest BCUT2D eigenvalue weighted by Gasteiger charge is 2.67. The van der Waals surface area contributed by atoms with Crippen LogP contribution in [0.4, 0.5) is 27.6 Å². The van der Waals surface area contributed by atoms with Gasteiger partial charge in [-0.3, -0.25) is 9.59 Å². The molecule has 2 aromatic carbocycles. The lowest BCUT2D eigenvalue weighted by atomic mass is 10.0. The summed E-state index contributed by atoms with van der Waals surface area (Å²) in [5.74, 6) is -5.82. The van der Waals surface area contributed by atoms with E-state index in [0.29, 0.717) is 5.56 Å². The van der Waals surface area contributed by atoms with Gasteiger partial charge in [-0.1, -0.05) is 29.3 Å². The van der Waals surface area contributed by atoms with Crippen molar-refractivity contribution in [2.45, 2.75) is 29.3 Å². The van der Waals surface area contributed by atoms with Gasteiger partial charge in [0.05, 0.1) is 33.6 Å². The molecule has 0 bridgehead atoms. The lowest BCUT2D eigenvalue weighted by molar-refractivity contribution is -0.133. The molecule has 1 N–H and O–H groups in total. The van der Waals surface area contributed by atoms with Crippen LogP contribution in [0.5, 0.6) is 0 Å². The third-order valence-corrected chi connectivity index (χ3v) is 6.45. The zero-order valence-corrected chi connectivity index (χ0v) is 18.7. The van der Waals surface area contributed by atoms with Crippen LogP contribution in [0.1, 0.15) is 34.7 Å². The molecule has 0 spiro atoms. The number of rotatable bonds is 6. The predicted octanol–water partition coefficient (Wildman–Crippen LogP) is 7.32. The molecule has 0 radical (unpaired) electrons. The van der Waals surface area contributed by atoms with Gasteiger partial charge in [0.25, 0.3) is 0 Å². The number of halogens is 9. The first-order valence-electron chi connectivity index (χ1n) is 8.95. The fourth-order valence-corrected chi connectivity index (χ4v) is 4.54. The number of hydrogen-bond donors (Lipinski definition) is 1. The Labute approximate surface area is 198 Å². The van der Waals surface area contributed by atoms with E-state index in [1.807, 2.05) is 0 Å². The Balaban J connectivity index is 1.81. The van der Waals surface area contributed by atoms with Gasteiger partial charge in [0.2, 0.25) is 5.91 Å². The van der Waals surface area contributed by atoms with E-state index < -0.39 is 74.8 Å². The number of carbonyl (C=O) groups excluding carboxylic acids is 2. The van der Waals surface area contributed by atoms with Gasteiger partial charge in [0.15, 0.2) is 11.6 Å². The van der Waals surface area contributed by atoms with Crippen LogP contribution < -0.4 is 5.32 Å². The summed E-state index contributed by atoms with van der Waals surface area (Å²) in [5, 5.41) is 1.62. The van der Waals surface area contributed by atoms with Crippen LogP contribution in [0, 0.1) is 17.6 Å². The van der Waals surface area contributed by atoms with Gasteiger partial charge in [-0.2, -0.15) is 13.2 Å². The monoisotopic (exact) mass is 533 g/mol. The highest BCUT2D eigenvalue weighted by Crippen LogP contribution is 2.65. The number of alkyl halides is 5. The molecule has 0 saturated heterocycles. The average molecular weight is 535 g/mol. The van der Waals surface area contributed by atoms with Crippen LogP contribution in [0.25, 0.3) is 0 Å². The zero-order chi connectivity index (χ0) is 24.0. The summed E-state index contributed by atoms with van der Waals surface area (Å²) in [5.41, 5.74) is -0.878. The minimum absolute atomic E-state index is 0.205. The number of benzene rings is 2. The van der Waals surface area contributed by atoms with E-state index in [4.69, 9.17) is 46.4 Å². The number of Topliss-reactive ketones (excluding diaryl/α,β-unsaturated/α-hetero) is 1. The van der Waals surface area contributed by atoms with Crippen molar-refractivity contribution in [2.24, 2.45) is 5.92 Å². The first-order chi connectivity index (χ1) is 14.7. The number of carbonyl (C=O) groups is 2. The van der Waals surface area contributed by atoms with E-state index in [2.05, 4.69) is 5.32 Å². The summed E-state index contributed by atoms with van der Waals surface area (Å²) in [6, 6.07) is 5.80. The fourth-order valence-electron chi connectivity index (χ4n) is 3.27. The second kappa shape index (κ2) is 8.97. The van der Waals surface area contributed by atoms with Crippen LogP contribution in [-0.4, -0.2) is 22.2 Å². The molecule has 2 atom stereocenters. The maximum atomic E-state index is 14.8. The van der Waals surface area contributed by atoms with E-state index in [9.17, 15) is 31.5 Å². The molecule has 3 rings (SSSR count). The minimum Gasteiger partial charge on any atom is -0.323 e. The van der Waals surface area contributed by atoms with Crippen LogP contribution in [0.2, 0.25) is 10.0 Å². The maximum Gasteiger partial charge on any atom is 0.389 e. The first kappa shape index (κ1) is 25.0. The predicted molar refractivity (Wildman–Crippen MR) is 112 cm³/mol. The van der Waals surface area contributed by atoms with Crippen molar-refractivity contribution in [1.82, 2.24) is 0 Å². The van der Waals surface area contributed by atoms with Crippen LogP contribution >= 0.6 is 46.4 Å². The fraction of sp³-hybridized carbons (Fsp3) is 0.300. The largest absolute Gasteiger partial charge is 0.389 e. The van der Waals surface area contributed by atoms with Crippen LogP contribution in [0.15, 0.2) is 30.3 Å². The van der Waals surface area contributed by atoms with Crippen molar-refractivity contribution in [3.05, 3.63) is 63.1 Å². The summed E-state index contributed by atoms with van der Waals surface area (Å²) in [4.78, 5) is 24.8. The Morgan fingerprint density at radius 2 is 1.69 bits per heavy atom. The Bertz CT molecular complexity index is 1090. The Morgan fingerprint density at radius 1 is 1.03 bits per heavy atom. The average Bonchev–Trinajstić information content (AvgIpc) is 3.26. The van der Waals surface area contributed by atoms with Crippen LogP contribution in [-0.2, 0) is 4.79 Å². The zero-order valence-electron chi connectivity index (χ0n) is 15.7. The summed E-state index contributed by atoms with van der Waals surface area (Å²) in [7, 11) is 0. The molecule has 172 valence electrons. The van der Waals surface area contributed by atoms with E-state index >= 15 is 0 Å². The van der Waals surface area contributed by atoms with Crippen LogP contribution in [0.3, 0.4) is 0 Å². The Morgan fingerprint density at radius 3 is 2.28 bits per heavy atom. The standard InChI is InChI=1S/C20H12Cl4F5NO2/c21-9-2-4-12(17(26)14(9)13(31)5-6-19(27,28)29)30-18(32)16-15(20(16,23)24)8-1-3-11(25)10(22)7-8/h1-4,7,15-16H,5-6H2,(H,30,32)/t15-,16+/m0/s1. The SMILES string of the molecule is O=C(CCC(F)(F)F)c1c(Cl)ccc(NC(=O)[C@H]2[C@H](c3ccc(F)c(Cl)c3)C2(Cl)Cl)c1F. The van der Waals surface area contributed by atoms with Crippen molar-refractivity contribution in [3.8, 4) is 0 Å². The topological polar surface area (TPSA) is 46.2 Å². The molecule has 1 aliphatic rings. The molecule has 0 aromatic heterocycles. The Kier molecular flexibility index (Phi) is 7.01. The minimum atomic E-state index is -4.61. The van der Waals surface area contributed by atoms with Gasteiger partial charge in [-0.15, -0.1) is 23.2 Å². The third kappa shape index (κ3) is 5.14. The molecule has 0 heterocycles. The van der Waals surface area contributed by atoms with Gasteiger partial charge in [-0.25, -0.2) is 8.78 Å². The van der Waals surface area contributed by atoms with Crippen molar-refractivity contribution in [1.29, 1.82) is 0 Å². The van der Waals surface area contributed by atoms with Gasteiger partial charge in [-0.05, 0) is 29.8 Å². The van der Waals surface area contributed by atoms with E-state index in [0.717, 1.165) is 18.2 Å². The molecule has 3 nitrogen and oxygen atoms in total. The molecular formula is C20H12Cl4F5NO2. The van der Waals surface area contributed by atoms with E-state index in [1.165, 1.54) is 12.1 Å². The normalized spacial score (nSPS) is 19.5. The molecule has 1 aliphatic carbocycles. The van der Waals surface area contributed by atoms with Gasteiger partial charge < -0.3 is 5.32 Å². The third-order valence-electron chi connectivity index (χ3n) is 4.90.